The van der Waals surface area contributed by atoms with Crippen LogP contribution in [0.15, 0.2) is 48.7 Å². The van der Waals surface area contributed by atoms with Crippen LogP contribution >= 0.6 is 0 Å². The number of aromatic carboxylic acids is 1. The summed E-state index contributed by atoms with van der Waals surface area (Å²) in [6, 6.07) is 13.2. The molecule has 2 aromatic carbocycles. The molecule has 0 bridgehead atoms. The second-order valence-electron chi connectivity index (χ2n) is 5.34. The Balaban J connectivity index is 1.96. The zero-order valence-corrected chi connectivity index (χ0v) is 11.9. The molecule has 22 heavy (non-hydrogen) atoms. The van der Waals surface area contributed by atoms with E-state index in [2.05, 4.69) is 26.9 Å². The van der Waals surface area contributed by atoms with Gasteiger partial charge in [-0.05, 0) is 35.7 Å². The molecule has 5 heteroatoms. The number of carbonyl (C=O) groups is 1. The maximum absolute atomic E-state index is 11.2. The maximum Gasteiger partial charge on any atom is 0.335 e. The van der Waals surface area contributed by atoms with Crippen molar-refractivity contribution in [3.8, 4) is 11.3 Å². The van der Waals surface area contributed by atoms with Crippen molar-refractivity contribution < 1.29 is 9.90 Å². The lowest BCUT2D eigenvalue weighted by atomic mass is 10.0. The highest BCUT2D eigenvalue weighted by atomic mass is 16.4. The van der Waals surface area contributed by atoms with Crippen LogP contribution in [0.25, 0.3) is 33.1 Å². The number of rotatable bonds is 2. The zero-order valence-electron chi connectivity index (χ0n) is 11.9. The summed E-state index contributed by atoms with van der Waals surface area (Å²) in [5.74, 6) is -0.938. The van der Waals surface area contributed by atoms with Crippen LogP contribution in [0.4, 0.5) is 0 Å². The van der Waals surface area contributed by atoms with Crippen molar-refractivity contribution in [2.24, 2.45) is 7.05 Å². The summed E-state index contributed by atoms with van der Waals surface area (Å²) >= 11 is 0. The predicted octanol–water partition coefficient (Wildman–Crippen LogP) is 3.42. The summed E-state index contributed by atoms with van der Waals surface area (Å²) in [5.41, 5.74) is 3.93. The van der Waals surface area contributed by atoms with Crippen molar-refractivity contribution in [2.45, 2.75) is 0 Å². The van der Waals surface area contributed by atoms with E-state index in [1.54, 1.807) is 18.2 Å². The highest BCUT2D eigenvalue weighted by Gasteiger charge is 2.12. The molecule has 0 aliphatic carbocycles. The smallest absolute Gasteiger partial charge is 0.335 e. The molecular weight excluding hydrogens is 278 g/mol. The van der Waals surface area contributed by atoms with Gasteiger partial charge >= 0.3 is 5.97 Å². The standard InChI is InChI=1S/C17H13N3O2/c1-20-7-6-10-2-3-11(9-15(10)20)16-13-8-12(17(21)22)4-5-14(13)18-19-16/h2-9H,1H3,(H,18,19)(H,21,22). The average molecular weight is 291 g/mol. The summed E-state index contributed by atoms with van der Waals surface area (Å²) in [7, 11) is 2.00. The van der Waals surface area contributed by atoms with E-state index in [1.807, 2.05) is 25.4 Å². The Morgan fingerprint density at radius 1 is 1.18 bits per heavy atom. The minimum atomic E-state index is -0.938. The van der Waals surface area contributed by atoms with Crippen molar-refractivity contribution in [3.63, 3.8) is 0 Å². The topological polar surface area (TPSA) is 70.9 Å². The van der Waals surface area contributed by atoms with Gasteiger partial charge in [0.2, 0.25) is 0 Å². The summed E-state index contributed by atoms with van der Waals surface area (Å²) in [6.07, 6.45) is 2.01. The van der Waals surface area contributed by atoms with Gasteiger partial charge in [0.25, 0.3) is 0 Å². The Bertz CT molecular complexity index is 1030. The van der Waals surface area contributed by atoms with Crippen LogP contribution in [0.5, 0.6) is 0 Å². The van der Waals surface area contributed by atoms with E-state index in [1.165, 1.54) is 0 Å². The normalized spacial score (nSPS) is 11.3. The van der Waals surface area contributed by atoms with E-state index in [4.69, 9.17) is 5.11 Å². The van der Waals surface area contributed by atoms with Crippen LogP contribution in [0.1, 0.15) is 10.4 Å². The van der Waals surface area contributed by atoms with E-state index in [0.29, 0.717) is 0 Å². The molecule has 0 saturated heterocycles. The number of carboxylic acids is 1. The van der Waals surface area contributed by atoms with Crippen LogP contribution in [0.2, 0.25) is 0 Å². The second kappa shape index (κ2) is 4.46. The number of aromatic nitrogens is 3. The van der Waals surface area contributed by atoms with Crippen LogP contribution in [0.3, 0.4) is 0 Å². The van der Waals surface area contributed by atoms with Crippen LogP contribution in [-0.2, 0) is 7.05 Å². The molecule has 0 atom stereocenters. The van der Waals surface area contributed by atoms with Gasteiger partial charge in [0.05, 0.1) is 16.8 Å². The Labute approximate surface area is 125 Å². The van der Waals surface area contributed by atoms with Crippen LogP contribution in [0, 0.1) is 0 Å². The van der Waals surface area contributed by atoms with Gasteiger partial charge in [-0.15, -0.1) is 0 Å². The first-order valence-electron chi connectivity index (χ1n) is 6.90. The number of aromatic amines is 1. The molecule has 108 valence electrons. The van der Waals surface area contributed by atoms with Crippen molar-refractivity contribution in [2.75, 3.05) is 0 Å². The minimum absolute atomic E-state index is 0.259. The number of hydrogen-bond donors (Lipinski definition) is 2. The number of nitrogens with zero attached hydrogens (tertiary/aromatic N) is 2. The molecule has 0 aliphatic heterocycles. The van der Waals surface area contributed by atoms with Crippen LogP contribution < -0.4 is 0 Å². The number of hydrogen-bond acceptors (Lipinski definition) is 2. The first-order valence-corrected chi connectivity index (χ1v) is 6.90. The third-order valence-corrected chi connectivity index (χ3v) is 3.97. The number of carboxylic acid groups (broad SMARTS) is 1. The Morgan fingerprint density at radius 2 is 2.05 bits per heavy atom. The number of fused-ring (bicyclic) bond motifs is 2. The molecule has 0 unspecified atom stereocenters. The molecule has 0 fully saturated rings. The zero-order chi connectivity index (χ0) is 15.3. The fraction of sp³-hybridized carbons (Fsp3) is 0.0588. The number of aryl methyl sites for hydroxylation is 1. The van der Waals surface area contributed by atoms with E-state index in [0.717, 1.165) is 33.1 Å². The highest BCUT2D eigenvalue weighted by Crippen LogP contribution is 2.29. The quantitative estimate of drug-likeness (QED) is 0.594. The van der Waals surface area contributed by atoms with Gasteiger partial charge in [-0.25, -0.2) is 4.79 Å². The molecule has 2 N–H and O–H groups in total. The first-order chi connectivity index (χ1) is 10.6. The maximum atomic E-state index is 11.2. The molecule has 0 spiro atoms. The van der Waals surface area contributed by atoms with E-state index in [-0.39, 0.29) is 5.56 Å². The number of nitrogens with one attached hydrogen (secondary N) is 1. The predicted molar refractivity (Wildman–Crippen MR) is 85.0 cm³/mol. The summed E-state index contributed by atoms with van der Waals surface area (Å²) in [5, 5.41) is 18.5. The molecule has 0 saturated carbocycles. The van der Waals surface area contributed by atoms with E-state index < -0.39 is 5.97 Å². The second-order valence-corrected chi connectivity index (χ2v) is 5.34. The SMILES string of the molecule is Cn1ccc2ccc(-c3n[nH]c4ccc(C(=O)O)cc34)cc21. The fourth-order valence-corrected chi connectivity index (χ4v) is 2.78. The van der Waals surface area contributed by atoms with Gasteiger partial charge in [-0.3, -0.25) is 5.10 Å². The van der Waals surface area contributed by atoms with Gasteiger partial charge in [0.15, 0.2) is 0 Å². The van der Waals surface area contributed by atoms with Crippen molar-refractivity contribution in [3.05, 3.63) is 54.2 Å². The Morgan fingerprint density at radius 3 is 2.86 bits per heavy atom. The van der Waals surface area contributed by atoms with Gasteiger partial charge in [0, 0.05) is 29.7 Å². The Kier molecular flexibility index (Phi) is 2.56. The molecule has 2 aromatic heterocycles. The first kappa shape index (κ1) is 12.6. The van der Waals surface area contributed by atoms with Crippen molar-refractivity contribution >= 4 is 27.8 Å². The lowest BCUT2D eigenvalue weighted by Gasteiger charge is -2.02. The third-order valence-electron chi connectivity index (χ3n) is 3.97. The lowest BCUT2D eigenvalue weighted by Crippen LogP contribution is -1.95. The molecule has 4 aromatic rings. The van der Waals surface area contributed by atoms with Crippen LogP contribution in [-0.4, -0.2) is 25.8 Å². The van der Waals surface area contributed by atoms with Crippen molar-refractivity contribution in [1.82, 2.24) is 14.8 Å². The van der Waals surface area contributed by atoms with Crippen molar-refractivity contribution in [1.29, 1.82) is 0 Å². The lowest BCUT2D eigenvalue weighted by molar-refractivity contribution is 0.0697. The van der Waals surface area contributed by atoms with E-state index in [9.17, 15) is 4.79 Å². The Hall–Kier alpha value is -3.08. The highest BCUT2D eigenvalue weighted by molar-refractivity contribution is 6.00. The number of benzene rings is 2. The molecule has 5 nitrogen and oxygen atoms in total. The summed E-state index contributed by atoms with van der Waals surface area (Å²) in [4.78, 5) is 11.2. The fourth-order valence-electron chi connectivity index (χ4n) is 2.78. The molecular formula is C17H13N3O2. The molecule has 4 rings (SSSR count). The molecule has 0 aliphatic rings. The van der Waals surface area contributed by atoms with Gasteiger partial charge in [-0.2, -0.15) is 5.10 Å². The number of H-pyrrole nitrogens is 1. The average Bonchev–Trinajstić information content (AvgIpc) is 3.10. The van der Waals surface area contributed by atoms with Gasteiger partial charge in [-0.1, -0.05) is 12.1 Å². The summed E-state index contributed by atoms with van der Waals surface area (Å²) < 4.78 is 2.05. The van der Waals surface area contributed by atoms with E-state index >= 15 is 0 Å². The van der Waals surface area contributed by atoms with Gasteiger partial charge < -0.3 is 9.67 Å². The monoisotopic (exact) mass is 291 g/mol. The molecule has 2 heterocycles. The summed E-state index contributed by atoms with van der Waals surface area (Å²) in [6.45, 7) is 0. The minimum Gasteiger partial charge on any atom is -0.478 e. The van der Waals surface area contributed by atoms with Gasteiger partial charge in [0.1, 0.15) is 0 Å². The largest absolute Gasteiger partial charge is 0.478 e. The molecule has 0 radical (unpaired) electrons. The molecule has 0 amide bonds. The third kappa shape index (κ3) is 1.79.